The van der Waals surface area contributed by atoms with Gasteiger partial charge in [-0.05, 0) is 50.2 Å². The highest BCUT2D eigenvalue weighted by atomic mass is 16.6. The van der Waals surface area contributed by atoms with E-state index in [-0.39, 0.29) is 12.0 Å². The number of epoxide rings is 1. The summed E-state index contributed by atoms with van der Waals surface area (Å²) in [7, 11) is 0. The van der Waals surface area contributed by atoms with Gasteiger partial charge in [0.15, 0.2) is 17.0 Å². The Morgan fingerprint density at radius 3 is 2.42 bits per heavy atom. The number of fused-ring (bicyclic) bond motifs is 5. The first-order valence-electron chi connectivity index (χ1n) is 15.8. The van der Waals surface area contributed by atoms with Gasteiger partial charge in [-0.25, -0.2) is 4.79 Å². The van der Waals surface area contributed by atoms with Gasteiger partial charge in [-0.2, -0.15) is 0 Å². The van der Waals surface area contributed by atoms with Crippen LogP contribution in [-0.4, -0.2) is 84.6 Å². The summed E-state index contributed by atoms with van der Waals surface area (Å²) in [6, 6.07) is 0. The number of rotatable bonds is 13. The number of carbonyl (C=O) groups excluding carboxylic acids is 2. The molecule has 2 unspecified atom stereocenters. The van der Waals surface area contributed by atoms with Crippen molar-refractivity contribution >= 4 is 11.8 Å². The van der Waals surface area contributed by atoms with Crippen molar-refractivity contribution in [2.75, 3.05) is 6.61 Å². The average Bonchev–Trinajstić information content (AvgIpc) is 3.65. The van der Waals surface area contributed by atoms with Gasteiger partial charge in [-0.15, -0.1) is 0 Å². The van der Waals surface area contributed by atoms with Crippen molar-refractivity contribution in [3.05, 3.63) is 48.1 Å². The van der Waals surface area contributed by atoms with Crippen LogP contribution >= 0.6 is 0 Å². The van der Waals surface area contributed by atoms with Crippen molar-refractivity contribution in [3.8, 4) is 0 Å². The van der Waals surface area contributed by atoms with E-state index in [4.69, 9.17) is 9.47 Å². The molecule has 0 aromatic carbocycles. The van der Waals surface area contributed by atoms with Gasteiger partial charge < -0.3 is 35.0 Å². The van der Waals surface area contributed by atoms with E-state index < -0.39 is 76.8 Å². The lowest BCUT2D eigenvalue weighted by Gasteiger charge is -2.57. The number of carbonyl (C=O) groups is 2. The SMILES string of the molecule is C=C(C)[C@]1(OC(=O)/C=C/C=C/CCCCCCCCC)C[C@@H](C)[C@@]2(O)C([C@H]1O)[C@@H]1O[C@]1(CO)[C@@H](O)[C@]1(O)C(=O)C(C)=CC21. The summed E-state index contributed by atoms with van der Waals surface area (Å²) in [6.07, 6.45) is 12.9. The lowest BCUT2D eigenvalue weighted by molar-refractivity contribution is -0.252. The van der Waals surface area contributed by atoms with Crippen LogP contribution in [0.15, 0.2) is 48.1 Å². The lowest BCUT2D eigenvalue weighted by atomic mass is 9.54. The maximum absolute atomic E-state index is 13.2. The van der Waals surface area contributed by atoms with E-state index in [0.717, 1.165) is 12.8 Å². The van der Waals surface area contributed by atoms with E-state index in [1.165, 1.54) is 57.6 Å². The fraction of sp³-hybridized carbons (Fsp3) is 0.706. The zero-order valence-corrected chi connectivity index (χ0v) is 26.0. The molecule has 9 nitrogen and oxygen atoms in total. The number of esters is 1. The smallest absolute Gasteiger partial charge is 0.331 e. The Labute approximate surface area is 255 Å². The maximum Gasteiger partial charge on any atom is 0.331 e. The molecule has 0 aromatic heterocycles. The summed E-state index contributed by atoms with van der Waals surface area (Å²) in [4.78, 5) is 26.3. The van der Waals surface area contributed by atoms with Gasteiger partial charge in [0.1, 0.15) is 23.9 Å². The molecule has 1 heterocycles. The molecule has 0 amide bonds. The van der Waals surface area contributed by atoms with E-state index in [1.807, 2.05) is 6.08 Å². The van der Waals surface area contributed by atoms with E-state index in [1.54, 1.807) is 26.0 Å². The maximum atomic E-state index is 13.2. The number of ether oxygens (including phenoxy) is 2. The quantitative estimate of drug-likeness (QED) is 0.0533. The summed E-state index contributed by atoms with van der Waals surface area (Å²) in [5.74, 6) is -4.79. The van der Waals surface area contributed by atoms with E-state index in [9.17, 15) is 35.1 Å². The molecule has 3 aliphatic carbocycles. The monoisotopic (exact) mass is 602 g/mol. The molecule has 1 aliphatic heterocycles. The molecule has 0 spiro atoms. The van der Waals surface area contributed by atoms with Gasteiger partial charge in [0, 0.05) is 17.9 Å². The van der Waals surface area contributed by atoms with Crippen LogP contribution < -0.4 is 0 Å². The molecule has 1 saturated heterocycles. The number of aliphatic hydroxyl groups is 5. The minimum Gasteiger partial charge on any atom is -0.449 e. The molecule has 4 rings (SSSR count). The van der Waals surface area contributed by atoms with Crippen molar-refractivity contribution in [1.29, 1.82) is 0 Å². The van der Waals surface area contributed by atoms with Crippen LogP contribution in [0.5, 0.6) is 0 Å². The highest BCUT2D eigenvalue weighted by Crippen LogP contribution is 2.65. The van der Waals surface area contributed by atoms with Gasteiger partial charge >= 0.3 is 5.97 Å². The minimum atomic E-state index is -2.47. The molecule has 0 bridgehead atoms. The number of ketones is 1. The first-order chi connectivity index (χ1) is 20.3. The summed E-state index contributed by atoms with van der Waals surface area (Å²) in [5, 5.41) is 57.7. The summed E-state index contributed by atoms with van der Waals surface area (Å²) >= 11 is 0. The van der Waals surface area contributed by atoms with Gasteiger partial charge in [0.2, 0.25) is 0 Å². The fourth-order valence-corrected chi connectivity index (χ4v) is 7.97. The number of hydrogen-bond donors (Lipinski definition) is 5. The van der Waals surface area contributed by atoms with Crippen LogP contribution in [0.25, 0.3) is 0 Å². The minimum absolute atomic E-state index is 0.0627. The number of Topliss-reactive ketones (excluding diaryl/α,β-unsaturated/α-hetero) is 1. The normalized spacial score (nSPS) is 41.9. The first-order valence-corrected chi connectivity index (χ1v) is 15.8. The molecule has 0 radical (unpaired) electrons. The van der Waals surface area contributed by atoms with E-state index >= 15 is 0 Å². The van der Waals surface area contributed by atoms with Crippen molar-refractivity contribution in [2.24, 2.45) is 17.8 Å². The molecular weight excluding hydrogens is 552 g/mol. The highest BCUT2D eigenvalue weighted by molar-refractivity contribution is 6.05. The van der Waals surface area contributed by atoms with Gasteiger partial charge in [0.25, 0.3) is 0 Å². The molecule has 3 fully saturated rings. The third-order valence-electron chi connectivity index (χ3n) is 10.5. The van der Waals surface area contributed by atoms with Crippen LogP contribution in [0.2, 0.25) is 0 Å². The largest absolute Gasteiger partial charge is 0.449 e. The van der Waals surface area contributed by atoms with Crippen LogP contribution in [0, 0.1) is 17.8 Å². The van der Waals surface area contributed by atoms with Crippen molar-refractivity contribution < 1.29 is 44.6 Å². The molecule has 5 N–H and O–H groups in total. The Morgan fingerprint density at radius 2 is 1.79 bits per heavy atom. The van der Waals surface area contributed by atoms with Crippen LogP contribution in [0.4, 0.5) is 0 Å². The first kappa shape index (κ1) is 33.7. The van der Waals surface area contributed by atoms with Gasteiger partial charge in [0.05, 0.1) is 12.2 Å². The number of unbranched alkanes of at least 4 members (excludes halogenated alkanes) is 7. The van der Waals surface area contributed by atoms with Gasteiger partial charge in [-0.1, -0.05) is 83.3 Å². The van der Waals surface area contributed by atoms with Crippen molar-refractivity contribution in [2.45, 2.75) is 126 Å². The lowest BCUT2D eigenvalue weighted by Crippen LogP contribution is -2.71. The van der Waals surface area contributed by atoms with Crippen LogP contribution in [0.3, 0.4) is 0 Å². The molecule has 0 aromatic rings. The Hall–Kier alpha value is -2.14. The fourth-order valence-electron chi connectivity index (χ4n) is 7.97. The second-order valence-electron chi connectivity index (χ2n) is 13.3. The van der Waals surface area contributed by atoms with Crippen LogP contribution in [-0.2, 0) is 19.1 Å². The second kappa shape index (κ2) is 12.7. The van der Waals surface area contributed by atoms with Crippen molar-refractivity contribution in [3.63, 3.8) is 0 Å². The molecule has 4 aliphatic rings. The molecule has 240 valence electrons. The van der Waals surface area contributed by atoms with E-state index in [2.05, 4.69) is 13.5 Å². The molecule has 43 heavy (non-hydrogen) atoms. The van der Waals surface area contributed by atoms with E-state index in [0.29, 0.717) is 5.57 Å². The number of hydrogen-bond acceptors (Lipinski definition) is 9. The third kappa shape index (κ3) is 5.40. The number of allylic oxidation sites excluding steroid dienone is 3. The molecular formula is C34H50O9. The van der Waals surface area contributed by atoms with Crippen LogP contribution in [0.1, 0.15) is 85.5 Å². The Kier molecular flexibility index (Phi) is 9.96. The average molecular weight is 603 g/mol. The predicted molar refractivity (Wildman–Crippen MR) is 161 cm³/mol. The predicted octanol–water partition coefficient (Wildman–Crippen LogP) is 3.23. The second-order valence-corrected chi connectivity index (χ2v) is 13.3. The van der Waals surface area contributed by atoms with Gasteiger partial charge in [-0.3, -0.25) is 4.79 Å². The molecule has 9 heteroatoms. The zero-order valence-electron chi connectivity index (χ0n) is 26.0. The molecule has 2 saturated carbocycles. The zero-order chi connectivity index (χ0) is 31.8. The summed E-state index contributed by atoms with van der Waals surface area (Å²) in [6.45, 7) is 10.2. The Bertz CT molecular complexity index is 1170. The summed E-state index contributed by atoms with van der Waals surface area (Å²) in [5.41, 5.74) is -7.36. The topological polar surface area (TPSA) is 157 Å². The standard InChI is InChI=1S/C34H50O9/c1-6-7-8-9-10-11-12-13-14-15-16-17-25(36)42-31(21(2)3)19-23(5)33(40)24-18-22(4)27(37)34(24,41)30(39)32(20-35)29(43-32)26(33)28(31)38/h14-18,23-24,26,28-30,35,38-41H,2,6-13,19-20H2,1,3-5H3/b15-14+,17-16+/t23-,24?,26?,28-,29+,30-,31-,32+,33+,34-/m1/s1. The third-order valence-corrected chi connectivity index (χ3v) is 10.5. The Balaban J connectivity index is 1.53. The van der Waals surface area contributed by atoms with Crippen molar-refractivity contribution in [1.82, 2.24) is 0 Å². The number of aliphatic hydroxyl groups excluding tert-OH is 3. The molecule has 10 atom stereocenters. The highest BCUT2D eigenvalue weighted by Gasteiger charge is 2.83. The Morgan fingerprint density at radius 1 is 1.14 bits per heavy atom. The summed E-state index contributed by atoms with van der Waals surface area (Å²) < 4.78 is 11.7.